The molecule has 0 aliphatic heterocycles. The summed E-state index contributed by atoms with van der Waals surface area (Å²) in [5, 5.41) is 22.0. The van der Waals surface area contributed by atoms with Crippen LogP contribution in [0.1, 0.15) is 5.69 Å². The molecule has 0 amide bonds. The number of nitrogens with zero attached hydrogens (tertiary/aromatic N) is 3. The van der Waals surface area contributed by atoms with Gasteiger partial charge in [-0.15, -0.1) is 0 Å². The molecule has 0 spiro atoms. The van der Waals surface area contributed by atoms with Crippen LogP contribution in [0.25, 0.3) is 27.8 Å². The molecule has 0 N–H and O–H groups in total. The average molecular weight is 433 g/mol. The summed E-state index contributed by atoms with van der Waals surface area (Å²) >= 11 is 3.84. The number of halogens is 1. The second kappa shape index (κ2) is 5.61. The summed E-state index contributed by atoms with van der Waals surface area (Å²) in [6.07, 6.45) is 1.63. The lowest BCUT2D eigenvalue weighted by molar-refractivity contribution is -0.592. The minimum atomic E-state index is 0.677. The third-order valence-electron chi connectivity index (χ3n) is 3.78. The number of aryl methyl sites for hydroxylation is 1. The number of hydrogen-bond donors (Lipinski definition) is 0. The number of pyridine rings is 1. The van der Waals surface area contributed by atoms with Gasteiger partial charge >= 0.3 is 0 Å². The lowest BCUT2D eigenvalue weighted by Crippen LogP contribution is -2.30. The summed E-state index contributed by atoms with van der Waals surface area (Å²) in [7, 11) is 0. The maximum Gasteiger partial charge on any atom is 0.240 e. The van der Waals surface area contributed by atoms with E-state index in [-0.39, 0.29) is 0 Å². The third kappa shape index (κ3) is 2.33. The topological polar surface area (TPSA) is 44.8 Å². The highest BCUT2D eigenvalue weighted by molar-refractivity contribution is 14.1. The minimum absolute atomic E-state index is 0.677. The fraction of sp³-hybridized carbons (Fsp3) is 0.0588. The molecular weight excluding hydrogens is 421 g/mol. The van der Waals surface area contributed by atoms with E-state index in [4.69, 9.17) is 0 Å². The molecule has 0 unspecified atom stereocenters. The second-order valence-corrected chi connectivity index (χ2v) is 7.08. The molecule has 0 fully saturated rings. The van der Waals surface area contributed by atoms with Gasteiger partial charge in [-0.3, -0.25) is 0 Å². The zero-order chi connectivity index (χ0) is 16.0. The van der Waals surface area contributed by atoms with Gasteiger partial charge in [0.25, 0.3) is 0 Å². The Kier molecular flexibility index (Phi) is 3.57. The molecule has 3 heterocycles. The van der Waals surface area contributed by atoms with Gasteiger partial charge in [-0.25, -0.2) is 4.68 Å². The molecule has 0 aliphatic rings. The summed E-state index contributed by atoms with van der Waals surface area (Å²) < 4.78 is 3.79. The van der Waals surface area contributed by atoms with Crippen LogP contribution >= 0.6 is 33.9 Å². The minimum Gasteiger partial charge on any atom is -0.618 e. The van der Waals surface area contributed by atoms with Crippen LogP contribution in [0.3, 0.4) is 0 Å². The standard InChI is InChI=1S/C17H12IN3OS/c1-11-14-9-20(22)16(12-7-8-23-10-12)15(18)17(14)21(19-11)13-5-3-2-4-6-13/h2-10H,1H3. The van der Waals surface area contributed by atoms with E-state index in [0.29, 0.717) is 5.69 Å². The first kappa shape index (κ1) is 14.6. The Bertz CT molecular complexity index is 994. The molecule has 0 saturated heterocycles. The SMILES string of the molecule is Cc1nn(-c2ccccc2)c2c(I)c(-c3ccsc3)[n+]([O-])cc12. The van der Waals surface area contributed by atoms with E-state index in [0.717, 1.165) is 36.1 Å². The molecule has 0 aliphatic carbocycles. The van der Waals surface area contributed by atoms with E-state index >= 15 is 0 Å². The number of benzene rings is 1. The van der Waals surface area contributed by atoms with Crippen LogP contribution in [-0.2, 0) is 0 Å². The first-order valence-corrected chi connectivity index (χ1v) is 9.08. The third-order valence-corrected chi connectivity index (χ3v) is 5.49. The molecule has 4 aromatic rings. The van der Waals surface area contributed by atoms with Crippen LogP contribution in [-0.4, -0.2) is 9.78 Å². The van der Waals surface area contributed by atoms with Crippen LogP contribution in [0, 0.1) is 15.7 Å². The first-order chi connectivity index (χ1) is 11.2. The smallest absolute Gasteiger partial charge is 0.240 e. The van der Waals surface area contributed by atoms with Gasteiger partial charge in [-0.05, 0) is 53.1 Å². The van der Waals surface area contributed by atoms with Gasteiger partial charge in [0.2, 0.25) is 5.69 Å². The second-order valence-electron chi connectivity index (χ2n) is 5.22. The molecule has 1 aromatic carbocycles. The summed E-state index contributed by atoms with van der Waals surface area (Å²) in [5.74, 6) is 0. The Labute approximate surface area is 150 Å². The molecule has 0 radical (unpaired) electrons. The summed E-state index contributed by atoms with van der Waals surface area (Å²) in [4.78, 5) is 0. The number of fused-ring (bicyclic) bond motifs is 1. The van der Waals surface area contributed by atoms with Gasteiger partial charge in [-0.1, -0.05) is 18.2 Å². The quantitative estimate of drug-likeness (QED) is 0.269. The molecule has 0 atom stereocenters. The van der Waals surface area contributed by atoms with Crippen LogP contribution in [0.5, 0.6) is 0 Å². The fourth-order valence-corrected chi connectivity index (χ4v) is 4.41. The molecule has 0 saturated carbocycles. The monoisotopic (exact) mass is 433 g/mol. The van der Waals surface area contributed by atoms with Crippen molar-refractivity contribution >= 4 is 44.8 Å². The van der Waals surface area contributed by atoms with Crippen molar-refractivity contribution in [1.29, 1.82) is 0 Å². The van der Waals surface area contributed by atoms with Crippen molar-refractivity contribution in [2.24, 2.45) is 0 Å². The van der Waals surface area contributed by atoms with Crippen LogP contribution in [0.15, 0.2) is 53.4 Å². The van der Waals surface area contributed by atoms with E-state index < -0.39 is 0 Å². The number of hydrogen-bond acceptors (Lipinski definition) is 3. The van der Waals surface area contributed by atoms with Gasteiger partial charge in [-0.2, -0.15) is 21.2 Å². The first-order valence-electron chi connectivity index (χ1n) is 7.06. The molecular formula is C17H12IN3OS. The lowest BCUT2D eigenvalue weighted by atomic mass is 10.2. The summed E-state index contributed by atoms with van der Waals surface area (Å²) in [6.45, 7) is 1.93. The molecule has 6 heteroatoms. The Balaban J connectivity index is 2.09. The Morgan fingerprint density at radius 2 is 2.00 bits per heavy atom. The van der Waals surface area contributed by atoms with Crippen LogP contribution in [0.2, 0.25) is 0 Å². The maximum atomic E-state index is 12.5. The zero-order valence-corrected chi connectivity index (χ0v) is 15.2. The largest absolute Gasteiger partial charge is 0.618 e. The van der Waals surface area contributed by atoms with E-state index in [1.807, 2.05) is 58.8 Å². The maximum absolute atomic E-state index is 12.5. The predicted octanol–water partition coefficient (Wildman–Crippen LogP) is 4.30. The molecule has 4 rings (SSSR count). The van der Waals surface area contributed by atoms with Crippen molar-refractivity contribution in [1.82, 2.24) is 9.78 Å². The lowest BCUT2D eigenvalue weighted by Gasteiger charge is -2.09. The Hall–Kier alpha value is -1.93. The van der Waals surface area contributed by atoms with Crippen molar-refractivity contribution < 1.29 is 4.73 Å². The van der Waals surface area contributed by atoms with E-state index in [9.17, 15) is 5.21 Å². The fourth-order valence-electron chi connectivity index (χ4n) is 2.70. The van der Waals surface area contributed by atoms with Gasteiger partial charge < -0.3 is 5.21 Å². The van der Waals surface area contributed by atoms with Crippen molar-refractivity contribution in [3.63, 3.8) is 0 Å². The van der Waals surface area contributed by atoms with Crippen LogP contribution in [0.4, 0.5) is 0 Å². The molecule has 3 aromatic heterocycles. The van der Waals surface area contributed by atoms with Gasteiger partial charge in [0.15, 0.2) is 6.20 Å². The summed E-state index contributed by atoms with van der Waals surface area (Å²) in [5.41, 5.74) is 4.43. The predicted molar refractivity (Wildman–Crippen MR) is 101 cm³/mol. The van der Waals surface area contributed by atoms with E-state index in [1.54, 1.807) is 17.5 Å². The number of para-hydroxylation sites is 1. The average Bonchev–Trinajstić information content (AvgIpc) is 3.17. The van der Waals surface area contributed by atoms with Crippen molar-refractivity contribution in [2.45, 2.75) is 6.92 Å². The van der Waals surface area contributed by atoms with E-state index in [2.05, 4.69) is 27.7 Å². The molecule has 114 valence electrons. The van der Waals surface area contributed by atoms with Crippen molar-refractivity contribution in [2.75, 3.05) is 0 Å². The normalized spacial score (nSPS) is 11.2. The van der Waals surface area contributed by atoms with Gasteiger partial charge in [0.05, 0.1) is 22.3 Å². The van der Waals surface area contributed by atoms with E-state index in [1.165, 1.54) is 0 Å². The number of rotatable bonds is 2. The summed E-state index contributed by atoms with van der Waals surface area (Å²) in [6, 6.07) is 12.0. The van der Waals surface area contributed by atoms with Crippen molar-refractivity contribution in [3.8, 4) is 16.9 Å². The van der Waals surface area contributed by atoms with Crippen molar-refractivity contribution in [3.05, 3.63) is 67.8 Å². The number of thiophene rings is 1. The van der Waals surface area contributed by atoms with Gasteiger partial charge in [0.1, 0.15) is 9.09 Å². The highest BCUT2D eigenvalue weighted by Gasteiger charge is 2.23. The number of aromatic nitrogens is 3. The molecule has 23 heavy (non-hydrogen) atoms. The Morgan fingerprint density at radius 3 is 2.70 bits per heavy atom. The Morgan fingerprint density at radius 1 is 1.22 bits per heavy atom. The molecule has 0 bridgehead atoms. The van der Waals surface area contributed by atoms with Gasteiger partial charge in [0, 0.05) is 5.38 Å². The zero-order valence-electron chi connectivity index (χ0n) is 12.2. The highest BCUT2D eigenvalue weighted by atomic mass is 127. The van der Waals surface area contributed by atoms with Crippen LogP contribution < -0.4 is 4.73 Å². The highest BCUT2D eigenvalue weighted by Crippen LogP contribution is 2.32. The molecule has 4 nitrogen and oxygen atoms in total.